The molecule has 1 amide bonds. The Hall–Kier alpha value is -1.52. The molecule has 0 spiro atoms. The van der Waals surface area contributed by atoms with Gasteiger partial charge in [0.2, 0.25) is 0 Å². The zero-order chi connectivity index (χ0) is 10.8. The summed E-state index contributed by atoms with van der Waals surface area (Å²) in [5, 5.41) is 3.89. The quantitative estimate of drug-likeness (QED) is 0.745. The maximum Gasteiger partial charge on any atom is 0.428 e. The lowest BCUT2D eigenvalue weighted by Gasteiger charge is -2.19. The standard InChI is InChI=1S/C9H15N3O2/c1-7-5-6-10-12(7)11-8(13)14-9(2,3)4/h5-6H,1-4H3,(H,11,13). The number of nitrogens with zero attached hydrogens (tertiary/aromatic N) is 2. The zero-order valence-electron chi connectivity index (χ0n) is 8.87. The molecule has 0 aromatic carbocycles. The third-order valence-electron chi connectivity index (χ3n) is 1.43. The number of rotatable bonds is 1. The molecule has 1 heterocycles. The van der Waals surface area contributed by atoms with Crippen molar-refractivity contribution in [3.05, 3.63) is 18.0 Å². The van der Waals surface area contributed by atoms with Crippen molar-refractivity contribution < 1.29 is 9.53 Å². The Labute approximate surface area is 83.0 Å². The minimum atomic E-state index is -0.510. The van der Waals surface area contributed by atoms with Crippen LogP contribution in [0.4, 0.5) is 4.79 Å². The predicted molar refractivity (Wildman–Crippen MR) is 52.6 cm³/mol. The molecule has 5 heteroatoms. The van der Waals surface area contributed by atoms with Crippen LogP contribution in [0.3, 0.4) is 0 Å². The third-order valence-corrected chi connectivity index (χ3v) is 1.43. The number of ether oxygens (including phenoxy) is 1. The highest BCUT2D eigenvalue weighted by atomic mass is 16.6. The van der Waals surface area contributed by atoms with Gasteiger partial charge in [0.15, 0.2) is 0 Å². The van der Waals surface area contributed by atoms with Crippen LogP contribution >= 0.6 is 0 Å². The maximum absolute atomic E-state index is 11.3. The molecular weight excluding hydrogens is 182 g/mol. The summed E-state index contributed by atoms with van der Waals surface area (Å²) in [4.78, 5) is 12.7. The van der Waals surface area contributed by atoms with Gasteiger partial charge in [-0.3, -0.25) is 0 Å². The third kappa shape index (κ3) is 3.08. The van der Waals surface area contributed by atoms with E-state index in [9.17, 15) is 4.79 Å². The molecule has 0 radical (unpaired) electrons. The molecule has 0 saturated heterocycles. The van der Waals surface area contributed by atoms with Crippen LogP contribution in [0.1, 0.15) is 26.5 Å². The lowest BCUT2D eigenvalue weighted by molar-refractivity contribution is 0.0609. The topological polar surface area (TPSA) is 56.2 Å². The van der Waals surface area contributed by atoms with E-state index in [2.05, 4.69) is 10.5 Å². The van der Waals surface area contributed by atoms with E-state index in [0.29, 0.717) is 0 Å². The molecule has 14 heavy (non-hydrogen) atoms. The summed E-state index contributed by atoms with van der Waals surface area (Å²) in [5.41, 5.74) is 2.84. The first-order chi connectivity index (χ1) is 6.38. The number of carbonyl (C=O) groups excluding carboxylic acids is 1. The van der Waals surface area contributed by atoms with Crippen molar-refractivity contribution >= 4 is 6.09 Å². The molecule has 0 fully saturated rings. The monoisotopic (exact) mass is 197 g/mol. The zero-order valence-corrected chi connectivity index (χ0v) is 8.87. The Morgan fingerprint density at radius 1 is 1.57 bits per heavy atom. The highest BCUT2D eigenvalue weighted by Crippen LogP contribution is 2.06. The summed E-state index contributed by atoms with van der Waals surface area (Å²) < 4.78 is 5.06. The summed E-state index contributed by atoms with van der Waals surface area (Å²) in [6.45, 7) is 7.26. The largest absolute Gasteiger partial charge is 0.443 e. The van der Waals surface area contributed by atoms with Crippen LogP contribution in [0.5, 0.6) is 0 Å². The molecule has 0 aliphatic heterocycles. The fourth-order valence-corrected chi connectivity index (χ4v) is 0.874. The highest BCUT2D eigenvalue weighted by molar-refractivity contribution is 5.76. The van der Waals surface area contributed by atoms with Gasteiger partial charge < -0.3 is 4.74 Å². The van der Waals surface area contributed by atoms with Gasteiger partial charge in [0, 0.05) is 0 Å². The summed E-state index contributed by atoms with van der Waals surface area (Å²) in [6.07, 6.45) is 1.09. The number of hydrogen-bond acceptors (Lipinski definition) is 3. The molecule has 0 unspecified atom stereocenters. The van der Waals surface area contributed by atoms with Crippen molar-refractivity contribution in [1.29, 1.82) is 0 Å². The summed E-state index contributed by atoms with van der Waals surface area (Å²) in [6, 6.07) is 1.79. The summed E-state index contributed by atoms with van der Waals surface area (Å²) in [7, 11) is 0. The van der Waals surface area contributed by atoms with E-state index in [4.69, 9.17) is 4.74 Å². The van der Waals surface area contributed by atoms with E-state index in [1.165, 1.54) is 4.79 Å². The molecule has 0 bridgehead atoms. The minimum absolute atomic E-state index is 0.495. The van der Waals surface area contributed by atoms with Crippen molar-refractivity contribution in [1.82, 2.24) is 9.89 Å². The Morgan fingerprint density at radius 2 is 2.21 bits per heavy atom. The van der Waals surface area contributed by atoms with Crippen LogP contribution in [-0.4, -0.2) is 21.6 Å². The van der Waals surface area contributed by atoms with Gasteiger partial charge in [0.05, 0.1) is 11.9 Å². The minimum Gasteiger partial charge on any atom is -0.443 e. The number of carbonyl (C=O) groups is 1. The highest BCUT2D eigenvalue weighted by Gasteiger charge is 2.16. The molecule has 1 N–H and O–H groups in total. The van der Waals surface area contributed by atoms with E-state index < -0.39 is 11.7 Å². The van der Waals surface area contributed by atoms with Gasteiger partial charge in [-0.25, -0.2) is 10.2 Å². The Morgan fingerprint density at radius 3 is 2.64 bits per heavy atom. The summed E-state index contributed by atoms with van der Waals surface area (Å²) in [5.74, 6) is 0. The molecule has 1 rings (SSSR count). The number of nitrogens with one attached hydrogen (secondary N) is 1. The number of amides is 1. The average Bonchev–Trinajstić information content (AvgIpc) is 2.32. The van der Waals surface area contributed by atoms with Crippen LogP contribution in [-0.2, 0) is 4.74 Å². The van der Waals surface area contributed by atoms with E-state index in [1.54, 1.807) is 12.3 Å². The van der Waals surface area contributed by atoms with E-state index in [0.717, 1.165) is 5.69 Å². The van der Waals surface area contributed by atoms with Gasteiger partial charge in [-0.15, -0.1) is 0 Å². The van der Waals surface area contributed by atoms with Crippen molar-refractivity contribution in [2.24, 2.45) is 0 Å². The Balaban J connectivity index is 2.54. The van der Waals surface area contributed by atoms with Crippen LogP contribution in [0.25, 0.3) is 0 Å². The average molecular weight is 197 g/mol. The van der Waals surface area contributed by atoms with Gasteiger partial charge in [0.25, 0.3) is 0 Å². The first-order valence-corrected chi connectivity index (χ1v) is 4.39. The van der Waals surface area contributed by atoms with Crippen molar-refractivity contribution in [2.45, 2.75) is 33.3 Å². The van der Waals surface area contributed by atoms with Gasteiger partial charge in [-0.2, -0.15) is 9.89 Å². The molecule has 0 atom stereocenters. The van der Waals surface area contributed by atoms with E-state index in [-0.39, 0.29) is 0 Å². The lowest BCUT2D eigenvalue weighted by atomic mass is 10.2. The Bertz CT molecular complexity index is 325. The van der Waals surface area contributed by atoms with Crippen LogP contribution < -0.4 is 5.43 Å². The molecule has 1 aromatic heterocycles. The molecule has 0 aliphatic rings. The van der Waals surface area contributed by atoms with Crippen molar-refractivity contribution in [3.63, 3.8) is 0 Å². The number of aryl methyl sites for hydroxylation is 1. The fourth-order valence-electron chi connectivity index (χ4n) is 0.874. The fraction of sp³-hybridized carbons (Fsp3) is 0.556. The second-order valence-corrected chi connectivity index (χ2v) is 4.00. The van der Waals surface area contributed by atoms with E-state index >= 15 is 0 Å². The van der Waals surface area contributed by atoms with Gasteiger partial charge in [0.1, 0.15) is 5.60 Å². The lowest BCUT2D eigenvalue weighted by Crippen LogP contribution is -2.32. The van der Waals surface area contributed by atoms with Crippen LogP contribution in [0.2, 0.25) is 0 Å². The molecular formula is C9H15N3O2. The maximum atomic E-state index is 11.3. The Kier molecular flexibility index (Phi) is 2.78. The first kappa shape index (κ1) is 10.6. The predicted octanol–water partition coefficient (Wildman–Crippen LogP) is 1.67. The van der Waals surface area contributed by atoms with Crippen LogP contribution in [0, 0.1) is 6.92 Å². The van der Waals surface area contributed by atoms with Crippen LogP contribution in [0.15, 0.2) is 12.3 Å². The second kappa shape index (κ2) is 3.69. The first-order valence-electron chi connectivity index (χ1n) is 4.39. The van der Waals surface area contributed by atoms with Crippen molar-refractivity contribution in [3.8, 4) is 0 Å². The van der Waals surface area contributed by atoms with Gasteiger partial charge in [-0.05, 0) is 33.8 Å². The van der Waals surface area contributed by atoms with E-state index in [1.807, 2.05) is 27.7 Å². The molecule has 5 nitrogen and oxygen atoms in total. The second-order valence-electron chi connectivity index (χ2n) is 4.00. The smallest absolute Gasteiger partial charge is 0.428 e. The molecule has 78 valence electrons. The van der Waals surface area contributed by atoms with Crippen molar-refractivity contribution in [2.75, 3.05) is 5.43 Å². The normalized spacial score (nSPS) is 11.1. The number of hydrogen-bond donors (Lipinski definition) is 1. The SMILES string of the molecule is Cc1ccnn1NC(=O)OC(C)(C)C. The van der Waals surface area contributed by atoms with Gasteiger partial charge in [-0.1, -0.05) is 0 Å². The summed E-state index contributed by atoms with van der Waals surface area (Å²) >= 11 is 0. The molecule has 1 aromatic rings. The number of aromatic nitrogens is 2. The van der Waals surface area contributed by atoms with Gasteiger partial charge >= 0.3 is 6.09 Å². The molecule has 0 aliphatic carbocycles. The molecule has 0 saturated carbocycles.